The number of nitrogens with one attached hydrogen (secondary N) is 1. The predicted molar refractivity (Wildman–Crippen MR) is 68.1 cm³/mol. The average Bonchev–Trinajstić information content (AvgIpc) is 2.31. The highest BCUT2D eigenvalue weighted by molar-refractivity contribution is 5.84. The van der Waals surface area contributed by atoms with Crippen LogP contribution in [0.4, 0.5) is 0 Å². The first-order chi connectivity index (χ1) is 7.95. The Morgan fingerprint density at radius 3 is 2.47 bits per heavy atom. The van der Waals surface area contributed by atoms with Gasteiger partial charge in [0.2, 0.25) is 5.91 Å². The second kappa shape index (κ2) is 6.05. The van der Waals surface area contributed by atoms with E-state index in [1.54, 1.807) is 13.8 Å². The SMILES string of the molecule is CC1CCC(CCNC(=O)C(C)(C)C#N)CC1. The lowest BCUT2D eigenvalue weighted by Crippen LogP contribution is -2.37. The van der Waals surface area contributed by atoms with Crippen LogP contribution in [0, 0.1) is 28.6 Å². The van der Waals surface area contributed by atoms with Crippen LogP contribution in [0.3, 0.4) is 0 Å². The highest BCUT2D eigenvalue weighted by Crippen LogP contribution is 2.29. The standard InChI is InChI=1S/C14H24N2O/c1-11-4-6-12(7-5-11)8-9-16-13(17)14(2,3)10-15/h11-12H,4-9H2,1-3H3,(H,16,17). The third-order valence-electron chi connectivity index (χ3n) is 3.82. The maximum absolute atomic E-state index is 11.7. The average molecular weight is 236 g/mol. The predicted octanol–water partition coefficient (Wildman–Crippen LogP) is 2.87. The molecule has 0 aromatic carbocycles. The number of carbonyl (C=O) groups excluding carboxylic acids is 1. The number of amides is 1. The molecule has 0 bridgehead atoms. The van der Waals surface area contributed by atoms with Gasteiger partial charge in [0.1, 0.15) is 5.41 Å². The quantitative estimate of drug-likeness (QED) is 0.816. The van der Waals surface area contributed by atoms with Crippen molar-refractivity contribution in [1.82, 2.24) is 5.32 Å². The zero-order chi connectivity index (χ0) is 12.9. The van der Waals surface area contributed by atoms with Crippen molar-refractivity contribution in [1.29, 1.82) is 5.26 Å². The normalized spacial score (nSPS) is 25.1. The minimum atomic E-state index is -0.902. The maximum atomic E-state index is 11.7. The summed E-state index contributed by atoms with van der Waals surface area (Å²) in [5.74, 6) is 1.49. The van der Waals surface area contributed by atoms with Gasteiger partial charge in [0.05, 0.1) is 6.07 Å². The van der Waals surface area contributed by atoms with E-state index in [1.807, 2.05) is 6.07 Å². The third kappa shape index (κ3) is 4.38. The Hall–Kier alpha value is -1.04. The molecule has 1 N–H and O–H groups in total. The van der Waals surface area contributed by atoms with E-state index in [0.717, 1.165) is 18.3 Å². The summed E-state index contributed by atoms with van der Waals surface area (Å²) in [5.41, 5.74) is -0.902. The Labute approximate surface area is 105 Å². The molecule has 96 valence electrons. The van der Waals surface area contributed by atoms with Crippen molar-refractivity contribution in [2.75, 3.05) is 6.54 Å². The number of carbonyl (C=O) groups is 1. The molecule has 1 saturated carbocycles. The Morgan fingerprint density at radius 2 is 1.94 bits per heavy atom. The molecule has 0 aliphatic heterocycles. The molecule has 0 unspecified atom stereocenters. The third-order valence-corrected chi connectivity index (χ3v) is 3.82. The molecule has 0 saturated heterocycles. The lowest BCUT2D eigenvalue weighted by atomic mass is 9.81. The molecule has 17 heavy (non-hydrogen) atoms. The van der Waals surface area contributed by atoms with Crippen LogP contribution in [0.2, 0.25) is 0 Å². The summed E-state index contributed by atoms with van der Waals surface area (Å²) in [6, 6.07) is 2.02. The Kier molecular flexibility index (Phi) is 4.99. The Morgan fingerprint density at radius 1 is 1.35 bits per heavy atom. The van der Waals surface area contributed by atoms with Crippen LogP contribution in [-0.4, -0.2) is 12.5 Å². The van der Waals surface area contributed by atoms with Gasteiger partial charge in [0.25, 0.3) is 0 Å². The van der Waals surface area contributed by atoms with E-state index in [4.69, 9.17) is 5.26 Å². The molecule has 0 heterocycles. The molecule has 3 nitrogen and oxygen atoms in total. The van der Waals surface area contributed by atoms with Crippen LogP contribution in [0.15, 0.2) is 0 Å². The summed E-state index contributed by atoms with van der Waals surface area (Å²) >= 11 is 0. The molecule has 1 rings (SSSR count). The van der Waals surface area contributed by atoms with Gasteiger partial charge in [-0.2, -0.15) is 5.26 Å². The van der Waals surface area contributed by atoms with Crippen molar-refractivity contribution in [3.8, 4) is 6.07 Å². The van der Waals surface area contributed by atoms with Crippen molar-refractivity contribution in [3.63, 3.8) is 0 Å². The van der Waals surface area contributed by atoms with Crippen molar-refractivity contribution < 1.29 is 4.79 Å². The van der Waals surface area contributed by atoms with Gasteiger partial charge >= 0.3 is 0 Å². The highest BCUT2D eigenvalue weighted by atomic mass is 16.2. The van der Waals surface area contributed by atoms with Gasteiger partial charge in [-0.25, -0.2) is 0 Å². The molecule has 1 fully saturated rings. The van der Waals surface area contributed by atoms with Crippen molar-refractivity contribution >= 4 is 5.91 Å². The van der Waals surface area contributed by atoms with Gasteiger partial charge < -0.3 is 5.32 Å². The summed E-state index contributed by atoms with van der Waals surface area (Å²) in [6.45, 7) is 6.34. The summed E-state index contributed by atoms with van der Waals surface area (Å²) < 4.78 is 0. The second-order valence-corrected chi connectivity index (χ2v) is 5.91. The number of nitrogens with zero attached hydrogens (tertiary/aromatic N) is 1. The van der Waals surface area contributed by atoms with E-state index in [1.165, 1.54) is 25.7 Å². The minimum absolute atomic E-state index is 0.149. The van der Waals surface area contributed by atoms with Crippen LogP contribution >= 0.6 is 0 Å². The van der Waals surface area contributed by atoms with Crippen LogP contribution in [0.5, 0.6) is 0 Å². The zero-order valence-electron chi connectivity index (χ0n) is 11.3. The van der Waals surface area contributed by atoms with E-state index < -0.39 is 5.41 Å². The second-order valence-electron chi connectivity index (χ2n) is 5.91. The van der Waals surface area contributed by atoms with Crippen molar-refractivity contribution in [3.05, 3.63) is 0 Å². The van der Waals surface area contributed by atoms with E-state index in [0.29, 0.717) is 6.54 Å². The monoisotopic (exact) mass is 236 g/mol. The molecule has 1 aliphatic rings. The number of hydrogen-bond donors (Lipinski definition) is 1. The van der Waals surface area contributed by atoms with Gasteiger partial charge in [0.15, 0.2) is 0 Å². The van der Waals surface area contributed by atoms with Gasteiger partial charge in [0, 0.05) is 6.54 Å². The number of hydrogen-bond acceptors (Lipinski definition) is 2. The highest BCUT2D eigenvalue weighted by Gasteiger charge is 2.27. The summed E-state index contributed by atoms with van der Waals surface area (Å²) in [6.07, 6.45) is 6.28. The van der Waals surface area contributed by atoms with E-state index in [2.05, 4.69) is 12.2 Å². The molecule has 0 aromatic rings. The van der Waals surface area contributed by atoms with Crippen molar-refractivity contribution in [2.45, 2.75) is 52.9 Å². The molecule has 0 aromatic heterocycles. The Balaban J connectivity index is 2.20. The van der Waals surface area contributed by atoms with Gasteiger partial charge in [-0.3, -0.25) is 4.79 Å². The smallest absolute Gasteiger partial charge is 0.239 e. The largest absolute Gasteiger partial charge is 0.355 e. The molecule has 0 spiro atoms. The topological polar surface area (TPSA) is 52.9 Å². The van der Waals surface area contributed by atoms with Crippen molar-refractivity contribution in [2.24, 2.45) is 17.3 Å². The molecule has 0 radical (unpaired) electrons. The fraction of sp³-hybridized carbons (Fsp3) is 0.857. The Bertz CT molecular complexity index is 296. The fourth-order valence-electron chi connectivity index (χ4n) is 2.28. The van der Waals surface area contributed by atoms with Crippen LogP contribution in [0.25, 0.3) is 0 Å². The number of nitriles is 1. The van der Waals surface area contributed by atoms with Gasteiger partial charge in [-0.15, -0.1) is 0 Å². The summed E-state index contributed by atoms with van der Waals surface area (Å²) in [7, 11) is 0. The van der Waals surface area contributed by atoms with Crippen LogP contribution in [-0.2, 0) is 4.79 Å². The van der Waals surface area contributed by atoms with E-state index in [9.17, 15) is 4.79 Å². The van der Waals surface area contributed by atoms with Crippen LogP contribution < -0.4 is 5.32 Å². The van der Waals surface area contributed by atoms with Gasteiger partial charge in [-0.1, -0.05) is 32.6 Å². The first-order valence-corrected chi connectivity index (χ1v) is 6.65. The van der Waals surface area contributed by atoms with E-state index >= 15 is 0 Å². The molecule has 3 heteroatoms. The molecule has 1 amide bonds. The molecule has 0 atom stereocenters. The summed E-state index contributed by atoms with van der Waals surface area (Å²) in [4.78, 5) is 11.7. The maximum Gasteiger partial charge on any atom is 0.239 e. The first kappa shape index (κ1) is 14.0. The molecular formula is C14H24N2O. The number of rotatable bonds is 4. The molecular weight excluding hydrogens is 212 g/mol. The van der Waals surface area contributed by atoms with Gasteiger partial charge in [-0.05, 0) is 32.1 Å². The van der Waals surface area contributed by atoms with Crippen LogP contribution in [0.1, 0.15) is 52.9 Å². The lowest BCUT2D eigenvalue weighted by Gasteiger charge is -2.26. The summed E-state index contributed by atoms with van der Waals surface area (Å²) in [5, 5.41) is 11.7. The first-order valence-electron chi connectivity index (χ1n) is 6.65. The molecule has 1 aliphatic carbocycles. The fourth-order valence-corrected chi connectivity index (χ4v) is 2.28. The lowest BCUT2D eigenvalue weighted by molar-refractivity contribution is -0.126. The minimum Gasteiger partial charge on any atom is -0.355 e. The zero-order valence-corrected chi connectivity index (χ0v) is 11.3. The van der Waals surface area contributed by atoms with E-state index in [-0.39, 0.29) is 5.91 Å².